The Morgan fingerprint density at radius 1 is 1.29 bits per heavy atom. The molecule has 2 N–H and O–H groups in total. The van der Waals surface area contributed by atoms with Gasteiger partial charge in [-0.3, -0.25) is 4.99 Å². The van der Waals surface area contributed by atoms with Gasteiger partial charge in [-0.2, -0.15) is 0 Å². The molecule has 0 bridgehead atoms. The molecule has 1 fully saturated rings. The molecule has 24 heavy (non-hydrogen) atoms. The van der Waals surface area contributed by atoms with Crippen molar-refractivity contribution < 1.29 is 9.13 Å². The molecule has 1 aliphatic rings. The van der Waals surface area contributed by atoms with E-state index in [9.17, 15) is 4.39 Å². The lowest BCUT2D eigenvalue weighted by Gasteiger charge is -2.19. The van der Waals surface area contributed by atoms with Crippen molar-refractivity contribution in [2.24, 2.45) is 4.99 Å². The van der Waals surface area contributed by atoms with Gasteiger partial charge in [0.25, 0.3) is 0 Å². The molecule has 0 radical (unpaired) electrons. The van der Waals surface area contributed by atoms with Gasteiger partial charge in [-0.25, -0.2) is 4.39 Å². The van der Waals surface area contributed by atoms with E-state index in [0.29, 0.717) is 0 Å². The molecule has 0 saturated heterocycles. The van der Waals surface area contributed by atoms with E-state index >= 15 is 0 Å². The van der Waals surface area contributed by atoms with Gasteiger partial charge in [0.15, 0.2) is 5.96 Å². The number of hydrogen-bond acceptors (Lipinski definition) is 2. The number of hydrogen-bond donors (Lipinski definition) is 2. The molecular weight excluding hydrogens is 420 g/mol. The van der Waals surface area contributed by atoms with Crippen LogP contribution in [0.5, 0.6) is 0 Å². The zero-order valence-electron chi connectivity index (χ0n) is 14.6. The number of nitrogens with one attached hydrogen (secondary N) is 2. The second-order valence-corrected chi connectivity index (χ2v) is 6.05. The van der Waals surface area contributed by atoms with Crippen LogP contribution in [0.3, 0.4) is 0 Å². The zero-order valence-corrected chi connectivity index (χ0v) is 16.9. The Kier molecular flexibility index (Phi) is 9.58. The van der Waals surface area contributed by atoms with Gasteiger partial charge in [0.05, 0.1) is 0 Å². The van der Waals surface area contributed by atoms with Gasteiger partial charge in [0.1, 0.15) is 5.82 Å². The van der Waals surface area contributed by atoms with Crippen LogP contribution in [0.25, 0.3) is 0 Å². The molecule has 4 nitrogen and oxygen atoms in total. The first kappa shape index (κ1) is 21.2. The molecule has 0 spiro atoms. The van der Waals surface area contributed by atoms with Gasteiger partial charge in [0.2, 0.25) is 0 Å². The second kappa shape index (κ2) is 10.9. The van der Waals surface area contributed by atoms with Crippen molar-refractivity contribution in [2.75, 3.05) is 33.4 Å². The van der Waals surface area contributed by atoms with E-state index in [1.807, 2.05) is 13.0 Å². The quantitative estimate of drug-likeness (QED) is 0.263. The maximum absolute atomic E-state index is 13.4. The highest BCUT2D eigenvalue weighted by molar-refractivity contribution is 14.0. The smallest absolute Gasteiger partial charge is 0.191 e. The van der Waals surface area contributed by atoms with Crippen molar-refractivity contribution in [3.8, 4) is 0 Å². The summed E-state index contributed by atoms with van der Waals surface area (Å²) in [6, 6.07) is 6.95. The molecule has 1 aliphatic carbocycles. The predicted octanol–water partition coefficient (Wildman–Crippen LogP) is 3.46. The Balaban J connectivity index is 0.00000288. The van der Waals surface area contributed by atoms with Crippen molar-refractivity contribution in [1.29, 1.82) is 0 Å². The first-order chi connectivity index (χ1) is 11.2. The van der Waals surface area contributed by atoms with Gasteiger partial charge in [0, 0.05) is 38.8 Å². The number of halogens is 2. The Morgan fingerprint density at radius 2 is 2.08 bits per heavy atom. The van der Waals surface area contributed by atoms with Crippen LogP contribution >= 0.6 is 24.0 Å². The topological polar surface area (TPSA) is 45.6 Å². The molecular formula is C18H29FIN3O. The number of unbranched alkanes of at least 4 members (excludes halogenated alkanes) is 1. The Bertz CT molecular complexity index is 521. The number of aliphatic imine (C=N–C) groups is 1. The number of guanidine groups is 1. The Hall–Kier alpha value is -0.890. The minimum absolute atomic E-state index is 0. The molecule has 6 heteroatoms. The highest BCUT2D eigenvalue weighted by atomic mass is 127. The van der Waals surface area contributed by atoms with Crippen molar-refractivity contribution in [3.63, 3.8) is 0 Å². The van der Waals surface area contributed by atoms with Gasteiger partial charge in [-0.1, -0.05) is 12.1 Å². The van der Waals surface area contributed by atoms with E-state index in [4.69, 9.17) is 4.74 Å². The standard InChI is InChI=1S/C18H28FN3O.HI/c1-3-23-12-5-4-11-21-17(20-2)22-14-18(9-10-18)15-7-6-8-16(19)13-15;/h6-8,13H,3-5,9-12,14H2,1-2H3,(H2,20,21,22);1H. The maximum atomic E-state index is 13.4. The SMILES string of the molecule is CCOCCCCNC(=NC)NCC1(c2cccc(F)c2)CC1.I. The van der Waals surface area contributed by atoms with Crippen molar-refractivity contribution in [2.45, 2.75) is 38.0 Å². The number of rotatable bonds is 9. The lowest BCUT2D eigenvalue weighted by atomic mass is 9.96. The van der Waals surface area contributed by atoms with E-state index in [2.05, 4.69) is 15.6 Å². The second-order valence-electron chi connectivity index (χ2n) is 6.05. The molecule has 136 valence electrons. The van der Waals surface area contributed by atoms with Crippen LogP contribution in [0, 0.1) is 5.82 Å². The monoisotopic (exact) mass is 449 g/mol. The Morgan fingerprint density at radius 3 is 2.71 bits per heavy atom. The molecule has 1 aromatic carbocycles. The lowest BCUT2D eigenvalue weighted by Crippen LogP contribution is -2.41. The van der Waals surface area contributed by atoms with Crippen molar-refractivity contribution in [3.05, 3.63) is 35.6 Å². The van der Waals surface area contributed by atoms with Crippen LogP contribution in [0.2, 0.25) is 0 Å². The summed E-state index contributed by atoms with van der Waals surface area (Å²) in [6.07, 6.45) is 4.28. The first-order valence-corrected chi connectivity index (χ1v) is 8.48. The highest BCUT2D eigenvalue weighted by Crippen LogP contribution is 2.47. The summed E-state index contributed by atoms with van der Waals surface area (Å²) in [5.41, 5.74) is 1.14. The van der Waals surface area contributed by atoms with Crippen LogP contribution in [-0.2, 0) is 10.2 Å². The minimum atomic E-state index is -0.161. The van der Waals surface area contributed by atoms with Crippen LogP contribution < -0.4 is 10.6 Å². The van der Waals surface area contributed by atoms with Crippen molar-refractivity contribution in [1.82, 2.24) is 10.6 Å². The number of benzene rings is 1. The summed E-state index contributed by atoms with van der Waals surface area (Å²) in [6.45, 7) is 5.26. The summed E-state index contributed by atoms with van der Waals surface area (Å²) in [5, 5.41) is 6.70. The fourth-order valence-corrected chi connectivity index (χ4v) is 2.69. The minimum Gasteiger partial charge on any atom is -0.382 e. The molecule has 0 aromatic heterocycles. The lowest BCUT2D eigenvalue weighted by molar-refractivity contribution is 0.143. The summed E-state index contributed by atoms with van der Waals surface area (Å²) in [7, 11) is 1.78. The van der Waals surface area contributed by atoms with Crippen LogP contribution in [0.15, 0.2) is 29.3 Å². The largest absolute Gasteiger partial charge is 0.382 e. The van der Waals surface area contributed by atoms with E-state index in [1.54, 1.807) is 19.2 Å². The fourth-order valence-electron chi connectivity index (χ4n) is 2.69. The van der Waals surface area contributed by atoms with E-state index in [0.717, 1.165) is 63.5 Å². The van der Waals surface area contributed by atoms with Gasteiger partial charge in [-0.05, 0) is 50.3 Å². The average molecular weight is 449 g/mol. The van der Waals surface area contributed by atoms with E-state index in [-0.39, 0.29) is 35.2 Å². The highest BCUT2D eigenvalue weighted by Gasteiger charge is 2.44. The molecule has 2 rings (SSSR count). The normalized spacial score (nSPS) is 15.5. The van der Waals surface area contributed by atoms with E-state index in [1.165, 1.54) is 6.07 Å². The summed E-state index contributed by atoms with van der Waals surface area (Å²) in [4.78, 5) is 4.25. The van der Waals surface area contributed by atoms with Crippen LogP contribution in [0.4, 0.5) is 4.39 Å². The summed E-state index contributed by atoms with van der Waals surface area (Å²) < 4.78 is 18.7. The molecule has 0 heterocycles. The van der Waals surface area contributed by atoms with Crippen LogP contribution in [0.1, 0.15) is 38.2 Å². The van der Waals surface area contributed by atoms with Gasteiger partial charge >= 0.3 is 0 Å². The third-order valence-electron chi connectivity index (χ3n) is 4.32. The molecule has 0 amide bonds. The Labute approximate surface area is 161 Å². The third-order valence-corrected chi connectivity index (χ3v) is 4.32. The van der Waals surface area contributed by atoms with Crippen LogP contribution in [-0.4, -0.2) is 39.3 Å². The maximum Gasteiger partial charge on any atom is 0.191 e. The zero-order chi connectivity index (χ0) is 16.5. The third kappa shape index (κ3) is 6.55. The molecule has 1 aromatic rings. The average Bonchev–Trinajstić information content (AvgIpc) is 3.35. The van der Waals surface area contributed by atoms with Gasteiger partial charge in [-0.15, -0.1) is 24.0 Å². The first-order valence-electron chi connectivity index (χ1n) is 8.48. The molecule has 1 saturated carbocycles. The number of ether oxygens (including phenoxy) is 1. The fraction of sp³-hybridized carbons (Fsp3) is 0.611. The molecule has 0 aliphatic heterocycles. The van der Waals surface area contributed by atoms with Gasteiger partial charge < -0.3 is 15.4 Å². The molecule has 0 unspecified atom stereocenters. The van der Waals surface area contributed by atoms with Crippen molar-refractivity contribution >= 4 is 29.9 Å². The predicted molar refractivity (Wildman–Crippen MR) is 108 cm³/mol. The molecule has 0 atom stereocenters. The summed E-state index contributed by atoms with van der Waals surface area (Å²) >= 11 is 0. The summed E-state index contributed by atoms with van der Waals surface area (Å²) in [5.74, 6) is 0.648. The van der Waals surface area contributed by atoms with E-state index < -0.39 is 0 Å². The number of nitrogens with zero attached hydrogens (tertiary/aromatic N) is 1.